The van der Waals surface area contributed by atoms with E-state index in [2.05, 4.69) is 15.4 Å². The summed E-state index contributed by atoms with van der Waals surface area (Å²) < 4.78 is 33.3. The van der Waals surface area contributed by atoms with Crippen molar-refractivity contribution in [3.05, 3.63) is 78.1 Å². The van der Waals surface area contributed by atoms with Crippen molar-refractivity contribution >= 4 is 51.2 Å². The van der Waals surface area contributed by atoms with Gasteiger partial charge in [-0.1, -0.05) is 30.3 Å². The molecule has 0 spiro atoms. The summed E-state index contributed by atoms with van der Waals surface area (Å²) in [4.78, 5) is 24.3. The molecule has 1 amide bonds. The number of hydrogen-bond donors (Lipinski definition) is 3. The molecule has 4 aromatic rings. The second kappa shape index (κ2) is 11.9. The van der Waals surface area contributed by atoms with E-state index in [-0.39, 0.29) is 30.6 Å². The van der Waals surface area contributed by atoms with Gasteiger partial charge in [-0.05, 0) is 60.9 Å². The number of amides is 1. The lowest BCUT2D eigenvalue weighted by Crippen LogP contribution is -2.26. The Morgan fingerprint density at radius 3 is 2.29 bits per heavy atom. The maximum Gasteiger partial charge on any atom is 0.305 e. The summed E-state index contributed by atoms with van der Waals surface area (Å²) in [6.07, 6.45) is 0.552. The van der Waals surface area contributed by atoms with Gasteiger partial charge in [0.05, 0.1) is 12.8 Å². The summed E-state index contributed by atoms with van der Waals surface area (Å²) in [6, 6.07) is 20.2. The van der Waals surface area contributed by atoms with Crippen LogP contribution < -0.4 is 14.9 Å². The quantitative estimate of drug-likeness (QED) is 0.179. The van der Waals surface area contributed by atoms with E-state index in [0.717, 1.165) is 27.8 Å². The van der Waals surface area contributed by atoms with Gasteiger partial charge in [0.2, 0.25) is 0 Å². The molecule has 3 aromatic carbocycles. The monoisotopic (exact) mass is 535 g/mol. The molecular formula is C28H29N3O6S. The van der Waals surface area contributed by atoms with Crippen LogP contribution in [0.1, 0.15) is 29.0 Å². The van der Waals surface area contributed by atoms with Gasteiger partial charge in [0.15, 0.2) is 5.76 Å². The van der Waals surface area contributed by atoms with E-state index in [1.54, 1.807) is 24.3 Å². The second-order valence-electron chi connectivity index (χ2n) is 8.58. The topological polar surface area (TPSA) is 121 Å². The van der Waals surface area contributed by atoms with Crippen LogP contribution >= 0.6 is 0 Å². The molecule has 3 N–H and O–H groups in total. The van der Waals surface area contributed by atoms with Gasteiger partial charge < -0.3 is 19.8 Å². The maximum absolute atomic E-state index is 12.9. The number of hydrogen-bond acceptors (Lipinski definition) is 6. The molecule has 1 atom stereocenters. The molecule has 4 rings (SSSR count). The van der Waals surface area contributed by atoms with Crippen molar-refractivity contribution in [2.45, 2.75) is 19.8 Å². The average molecular weight is 536 g/mol. The number of aryl methyl sites for hydroxylation is 1. The van der Waals surface area contributed by atoms with Crippen molar-refractivity contribution in [3.63, 3.8) is 0 Å². The molecule has 0 saturated heterocycles. The largest absolute Gasteiger partial charge is 0.469 e. The summed E-state index contributed by atoms with van der Waals surface area (Å²) in [5.74, 6) is -0.429. The van der Waals surface area contributed by atoms with E-state index in [1.807, 2.05) is 56.4 Å². The van der Waals surface area contributed by atoms with Gasteiger partial charge in [-0.2, -0.15) is 0 Å². The summed E-state index contributed by atoms with van der Waals surface area (Å²) in [7, 11) is 3.14. The SMILES string of the molecule is CNc1cccc2oc(C(=O)Nc3ccc(-c4ccc(N(CCCC(=O)OC)S(=O)O)cc4)cc3)c(C)c12. The fraction of sp³-hybridized carbons (Fsp3) is 0.214. The highest BCUT2D eigenvalue weighted by Gasteiger charge is 2.20. The molecule has 10 heteroatoms. The molecule has 0 saturated carbocycles. The van der Waals surface area contributed by atoms with Crippen LogP contribution in [-0.2, 0) is 20.8 Å². The van der Waals surface area contributed by atoms with Gasteiger partial charge in [-0.25, -0.2) is 4.21 Å². The van der Waals surface area contributed by atoms with Crippen molar-refractivity contribution < 1.29 is 27.5 Å². The zero-order valence-electron chi connectivity index (χ0n) is 21.3. The number of nitrogens with zero attached hydrogens (tertiary/aromatic N) is 1. The fourth-order valence-corrected chi connectivity index (χ4v) is 4.84. The average Bonchev–Trinajstić information content (AvgIpc) is 3.28. The first-order valence-corrected chi connectivity index (χ1v) is 13.1. The van der Waals surface area contributed by atoms with Crippen LogP contribution in [0.4, 0.5) is 17.1 Å². The normalized spacial score (nSPS) is 11.7. The molecule has 0 aliphatic rings. The minimum Gasteiger partial charge on any atom is -0.469 e. The lowest BCUT2D eigenvalue weighted by Gasteiger charge is -2.20. The van der Waals surface area contributed by atoms with E-state index < -0.39 is 11.3 Å². The third-order valence-corrected chi connectivity index (χ3v) is 6.99. The van der Waals surface area contributed by atoms with Gasteiger partial charge in [-0.3, -0.25) is 18.4 Å². The third kappa shape index (κ3) is 5.87. The fourth-order valence-electron chi connectivity index (χ4n) is 4.25. The van der Waals surface area contributed by atoms with Crippen molar-refractivity contribution in [2.24, 2.45) is 0 Å². The Kier molecular flexibility index (Phi) is 8.45. The summed E-state index contributed by atoms with van der Waals surface area (Å²) in [5.41, 5.74) is 5.30. The Balaban J connectivity index is 1.44. The maximum atomic E-state index is 12.9. The molecule has 0 aliphatic carbocycles. The number of esters is 1. The van der Waals surface area contributed by atoms with E-state index in [9.17, 15) is 18.4 Å². The lowest BCUT2D eigenvalue weighted by atomic mass is 10.0. The third-order valence-electron chi connectivity index (χ3n) is 6.22. The Morgan fingerprint density at radius 2 is 1.68 bits per heavy atom. The van der Waals surface area contributed by atoms with Crippen LogP contribution in [0.2, 0.25) is 0 Å². The number of benzene rings is 3. The number of anilines is 3. The molecule has 1 heterocycles. The van der Waals surface area contributed by atoms with Gasteiger partial charge in [0.25, 0.3) is 17.2 Å². The van der Waals surface area contributed by atoms with Crippen LogP contribution in [0.15, 0.2) is 71.1 Å². The van der Waals surface area contributed by atoms with E-state index in [0.29, 0.717) is 23.4 Å². The number of carbonyl (C=O) groups is 2. The lowest BCUT2D eigenvalue weighted by molar-refractivity contribution is -0.140. The molecule has 1 unspecified atom stereocenters. The number of rotatable bonds is 10. The minimum atomic E-state index is -2.23. The second-order valence-corrected chi connectivity index (χ2v) is 9.48. The number of furan rings is 1. The minimum absolute atomic E-state index is 0.165. The molecule has 0 bridgehead atoms. The summed E-state index contributed by atoms with van der Waals surface area (Å²) >= 11 is -2.23. The number of nitrogens with one attached hydrogen (secondary N) is 2. The Labute approximate surface area is 223 Å². The van der Waals surface area contributed by atoms with Crippen LogP contribution in [0.5, 0.6) is 0 Å². The van der Waals surface area contributed by atoms with Crippen molar-refractivity contribution in [3.8, 4) is 11.1 Å². The van der Waals surface area contributed by atoms with Gasteiger partial charge in [0.1, 0.15) is 5.58 Å². The predicted octanol–water partition coefficient (Wildman–Crippen LogP) is 5.60. The first kappa shape index (κ1) is 26.9. The Bertz CT molecular complexity index is 1460. The molecule has 0 radical (unpaired) electrons. The smallest absolute Gasteiger partial charge is 0.305 e. The van der Waals surface area contributed by atoms with Crippen molar-refractivity contribution in [2.75, 3.05) is 35.6 Å². The highest BCUT2D eigenvalue weighted by atomic mass is 32.2. The summed E-state index contributed by atoms with van der Waals surface area (Å²) in [6.45, 7) is 2.09. The number of ether oxygens (including phenoxy) is 1. The summed E-state index contributed by atoms with van der Waals surface area (Å²) in [5, 5.41) is 6.90. The first-order chi connectivity index (χ1) is 18.3. The zero-order valence-corrected chi connectivity index (χ0v) is 22.1. The van der Waals surface area contributed by atoms with Crippen LogP contribution in [0.25, 0.3) is 22.1 Å². The first-order valence-electron chi connectivity index (χ1n) is 12.0. The van der Waals surface area contributed by atoms with Gasteiger partial charge in [-0.15, -0.1) is 0 Å². The highest BCUT2D eigenvalue weighted by molar-refractivity contribution is 7.80. The zero-order chi connectivity index (χ0) is 27.2. The van der Waals surface area contributed by atoms with Crippen molar-refractivity contribution in [1.29, 1.82) is 0 Å². The van der Waals surface area contributed by atoms with Crippen LogP contribution in [-0.4, -0.2) is 41.3 Å². The van der Waals surface area contributed by atoms with Gasteiger partial charge >= 0.3 is 5.97 Å². The van der Waals surface area contributed by atoms with Crippen LogP contribution in [0, 0.1) is 6.92 Å². The van der Waals surface area contributed by atoms with E-state index >= 15 is 0 Å². The van der Waals surface area contributed by atoms with Crippen LogP contribution in [0.3, 0.4) is 0 Å². The molecule has 9 nitrogen and oxygen atoms in total. The number of carbonyl (C=O) groups excluding carboxylic acids is 2. The predicted molar refractivity (Wildman–Crippen MR) is 150 cm³/mol. The molecule has 0 aliphatic heterocycles. The molecule has 0 fully saturated rings. The molecule has 38 heavy (non-hydrogen) atoms. The highest BCUT2D eigenvalue weighted by Crippen LogP contribution is 2.32. The van der Waals surface area contributed by atoms with E-state index in [1.165, 1.54) is 11.4 Å². The molecule has 1 aromatic heterocycles. The Morgan fingerprint density at radius 1 is 1.03 bits per heavy atom. The standard InChI is InChI=1S/C28H29N3O6S/c1-18-26-23(29-2)6-4-7-24(26)37-27(18)28(33)30-21-13-9-19(10-14-21)20-11-15-22(16-12-20)31(38(34)35)17-5-8-25(32)36-3/h4,6-7,9-16,29H,5,8,17H2,1-3H3,(H,30,33)(H,34,35). The molecular weight excluding hydrogens is 506 g/mol. The van der Waals surface area contributed by atoms with E-state index in [4.69, 9.17) is 4.42 Å². The van der Waals surface area contributed by atoms with Crippen molar-refractivity contribution in [1.82, 2.24) is 0 Å². The van der Waals surface area contributed by atoms with Gasteiger partial charge in [0, 0.05) is 42.3 Å². The number of fused-ring (bicyclic) bond motifs is 1. The molecule has 198 valence electrons. The Hall–Kier alpha value is -4.15. The number of methoxy groups -OCH3 is 1.